The zero-order valence-electron chi connectivity index (χ0n) is 23.8. The summed E-state index contributed by atoms with van der Waals surface area (Å²) in [5.41, 5.74) is -2.95. The first-order valence-electron chi connectivity index (χ1n) is 13.4. The first-order valence-corrected chi connectivity index (χ1v) is 14.1. The lowest BCUT2D eigenvalue weighted by molar-refractivity contribution is -0.320. The van der Waals surface area contributed by atoms with Crippen molar-refractivity contribution in [2.75, 3.05) is 11.9 Å². The first-order chi connectivity index (χ1) is 22.9. The summed E-state index contributed by atoms with van der Waals surface area (Å²) in [4.78, 5) is 73.7. The van der Waals surface area contributed by atoms with Gasteiger partial charge in [0.05, 0.1) is 33.1 Å². The van der Waals surface area contributed by atoms with E-state index in [0.29, 0.717) is 11.6 Å². The van der Waals surface area contributed by atoms with Crippen LogP contribution in [0.4, 0.5) is 32.0 Å². The fraction of sp³-hybridized carbons (Fsp3) is 0.172. The number of hydrogen-bond donors (Lipinski definition) is 2. The fourth-order valence-corrected chi connectivity index (χ4v) is 5.24. The lowest BCUT2D eigenvalue weighted by Gasteiger charge is -2.24. The molecule has 0 unspecified atom stereocenters. The van der Waals surface area contributed by atoms with Gasteiger partial charge in [-0.2, -0.15) is 26.3 Å². The van der Waals surface area contributed by atoms with Gasteiger partial charge in [0.25, 0.3) is 5.91 Å². The smallest absolute Gasteiger partial charge is 0.473 e. The molecule has 2 N–H and O–H groups in total. The third-order valence-electron chi connectivity index (χ3n) is 6.71. The van der Waals surface area contributed by atoms with E-state index in [1.165, 1.54) is 0 Å². The molecular formula is C29H15Cl2F6N3O9. The van der Waals surface area contributed by atoms with Gasteiger partial charge in [-0.05, 0) is 42.0 Å². The van der Waals surface area contributed by atoms with Gasteiger partial charge in [-0.3, -0.25) is 14.4 Å². The van der Waals surface area contributed by atoms with Crippen LogP contribution in [0.25, 0.3) is 33.4 Å². The Labute approximate surface area is 277 Å². The molecule has 0 radical (unpaired) electrons. The molecule has 49 heavy (non-hydrogen) atoms. The Kier molecular flexibility index (Phi) is 9.33. The minimum atomic E-state index is -5.34. The van der Waals surface area contributed by atoms with E-state index in [-0.39, 0.29) is 40.9 Å². The molecule has 5 rings (SSSR count). The maximum atomic E-state index is 13.0. The predicted molar refractivity (Wildman–Crippen MR) is 154 cm³/mol. The number of carbonyl (C=O) groups excluding carboxylic acids is 4. The van der Waals surface area contributed by atoms with Gasteiger partial charge in [0.2, 0.25) is 0 Å². The van der Waals surface area contributed by atoms with Crippen LogP contribution in [0.5, 0.6) is 0 Å². The maximum Gasteiger partial charge on any atom is 0.473 e. The van der Waals surface area contributed by atoms with Crippen molar-refractivity contribution < 1.29 is 69.5 Å². The van der Waals surface area contributed by atoms with Crippen molar-refractivity contribution in [1.29, 1.82) is 0 Å². The molecule has 1 saturated heterocycles. The molecule has 12 nitrogen and oxygen atoms in total. The number of nitrogens with one attached hydrogen (secondary N) is 1. The molecule has 256 valence electrons. The first kappa shape index (κ1) is 35.1. The van der Waals surface area contributed by atoms with Crippen molar-refractivity contribution in [3.8, 4) is 22.5 Å². The number of halogens is 8. The van der Waals surface area contributed by atoms with E-state index < -0.39 is 79.8 Å². The molecule has 2 heterocycles. The Morgan fingerprint density at radius 2 is 1.67 bits per heavy atom. The third-order valence-corrected chi connectivity index (χ3v) is 7.40. The molecule has 2 aliphatic heterocycles. The Balaban J connectivity index is 1.77. The minimum Gasteiger partial charge on any atom is -0.478 e. The highest BCUT2D eigenvalue weighted by molar-refractivity contribution is 6.41. The molecule has 0 bridgehead atoms. The van der Waals surface area contributed by atoms with Crippen LogP contribution in [0.15, 0.2) is 51.9 Å². The molecule has 0 atom stereocenters. The van der Waals surface area contributed by atoms with Crippen molar-refractivity contribution >= 4 is 69.5 Å². The zero-order valence-corrected chi connectivity index (χ0v) is 25.3. The third kappa shape index (κ3) is 7.15. The number of alkyl halides is 6. The van der Waals surface area contributed by atoms with E-state index in [0.717, 1.165) is 42.5 Å². The van der Waals surface area contributed by atoms with Gasteiger partial charge in [0, 0.05) is 46.3 Å². The molecule has 1 fully saturated rings. The number of carbonyl (C=O) groups is 5. The molecule has 3 aliphatic rings. The zero-order chi connectivity index (χ0) is 36.0. The Morgan fingerprint density at radius 1 is 0.959 bits per heavy atom. The molecule has 20 heteroatoms. The summed E-state index contributed by atoms with van der Waals surface area (Å²) in [6.07, 6.45) is -10.3. The number of hydrogen-bond acceptors (Lipinski definition) is 8. The van der Waals surface area contributed by atoms with Crippen LogP contribution in [-0.2, 0) is 24.1 Å². The summed E-state index contributed by atoms with van der Waals surface area (Å²) < 4.78 is 83.2. The topological polar surface area (TPSA) is 165 Å². The fourth-order valence-electron chi connectivity index (χ4n) is 4.63. The van der Waals surface area contributed by atoms with Gasteiger partial charge in [-0.15, -0.1) is 0 Å². The second kappa shape index (κ2) is 13.0. The highest BCUT2D eigenvalue weighted by Crippen LogP contribution is 2.47. The maximum absolute atomic E-state index is 13.0. The molecule has 2 aromatic rings. The molecule has 1 aliphatic carbocycles. The normalized spacial score (nSPS) is 14.3. The number of nitrogens with zero attached hydrogens (tertiary/aromatic N) is 2. The van der Waals surface area contributed by atoms with Crippen LogP contribution in [0.3, 0.4) is 0 Å². The standard InChI is InChI=1S/C29H15Cl2F6N3O9/c30-16-10-15(25(44)49-40-19(41)2-1-7-47-40)23(31)22(24(42)43)21(16)20-13-5-3-11(38-26(45)28(32,33)34)8-17(13)48-18-9-12(4-6-14(18)20)39-27(46)29(35,36)37/h3-6,8-10H,1-2,7H2,(H,38,45)(H,42,43). The summed E-state index contributed by atoms with van der Waals surface area (Å²) in [6.45, 7) is 0.0208. The van der Waals surface area contributed by atoms with Crippen LogP contribution in [-0.4, -0.2) is 59.0 Å². The van der Waals surface area contributed by atoms with Crippen molar-refractivity contribution in [1.82, 2.24) is 5.23 Å². The number of amides is 3. The van der Waals surface area contributed by atoms with Gasteiger partial charge >= 0.3 is 36.1 Å². The van der Waals surface area contributed by atoms with Crippen LogP contribution in [0.1, 0.15) is 33.6 Å². The number of hydroxylamine groups is 2. The number of fused-ring (bicyclic) bond motifs is 2. The van der Waals surface area contributed by atoms with Crippen LogP contribution in [0, 0.1) is 0 Å². The number of carboxylic acid groups (broad SMARTS) is 1. The molecule has 0 spiro atoms. The van der Waals surface area contributed by atoms with E-state index in [4.69, 9.17) is 37.3 Å². The summed E-state index contributed by atoms with van der Waals surface area (Å²) >= 11 is 13.0. The Bertz CT molecular complexity index is 2110. The molecule has 0 aromatic heterocycles. The number of aromatic carboxylic acids is 1. The van der Waals surface area contributed by atoms with Crippen molar-refractivity contribution in [2.24, 2.45) is 4.99 Å². The van der Waals surface area contributed by atoms with Gasteiger partial charge < -0.3 is 19.7 Å². The van der Waals surface area contributed by atoms with E-state index in [2.05, 4.69) is 4.99 Å². The molecule has 3 amide bonds. The average Bonchev–Trinajstić information content (AvgIpc) is 3.00. The largest absolute Gasteiger partial charge is 0.478 e. The Morgan fingerprint density at radius 3 is 2.31 bits per heavy atom. The van der Waals surface area contributed by atoms with Crippen LogP contribution in [0.2, 0.25) is 10.0 Å². The highest BCUT2D eigenvalue weighted by Gasteiger charge is 2.40. The number of carboxylic acids is 1. The van der Waals surface area contributed by atoms with Crippen molar-refractivity contribution in [3.05, 3.63) is 69.0 Å². The Hall–Kier alpha value is -5.20. The van der Waals surface area contributed by atoms with Crippen LogP contribution < -0.4 is 10.7 Å². The number of anilines is 1. The van der Waals surface area contributed by atoms with Gasteiger partial charge in [-0.1, -0.05) is 23.2 Å². The molecule has 0 saturated carbocycles. The summed E-state index contributed by atoms with van der Waals surface area (Å²) in [5, 5.41) is 10.3. The lowest BCUT2D eigenvalue weighted by atomic mass is 9.89. The van der Waals surface area contributed by atoms with Crippen LogP contribution >= 0.6 is 23.2 Å². The van der Waals surface area contributed by atoms with E-state index >= 15 is 0 Å². The van der Waals surface area contributed by atoms with Gasteiger partial charge in [-0.25, -0.2) is 19.4 Å². The second-order valence-corrected chi connectivity index (χ2v) is 10.8. The van der Waals surface area contributed by atoms with Crippen molar-refractivity contribution in [3.63, 3.8) is 0 Å². The second-order valence-electron chi connectivity index (χ2n) is 9.98. The monoisotopic (exact) mass is 733 g/mol. The SMILES string of the molecule is O=C(ON1OCCCC1=O)c1cc(Cl)c(-c2c3ccc(=NC(=O)C(F)(F)F)cc-3oc3cc(NC(=O)C(F)(F)F)ccc23)c(C(=O)O)c1Cl. The lowest BCUT2D eigenvalue weighted by Crippen LogP contribution is -2.37. The summed E-state index contributed by atoms with van der Waals surface area (Å²) in [7, 11) is 0. The van der Waals surface area contributed by atoms with Gasteiger partial charge in [0.15, 0.2) is 0 Å². The molecular weight excluding hydrogens is 719 g/mol. The van der Waals surface area contributed by atoms with Crippen molar-refractivity contribution in [2.45, 2.75) is 25.2 Å². The van der Waals surface area contributed by atoms with E-state index in [1.54, 1.807) is 5.32 Å². The summed E-state index contributed by atoms with van der Waals surface area (Å²) in [5.74, 6) is -9.06. The van der Waals surface area contributed by atoms with E-state index in [9.17, 15) is 55.4 Å². The average molecular weight is 734 g/mol. The number of rotatable bonds is 5. The molecule has 2 aromatic carbocycles. The van der Waals surface area contributed by atoms with Gasteiger partial charge in [0.1, 0.15) is 11.3 Å². The highest BCUT2D eigenvalue weighted by atomic mass is 35.5. The quantitative estimate of drug-likeness (QED) is 0.176. The number of benzene rings is 3. The minimum absolute atomic E-state index is 0.0208. The summed E-state index contributed by atoms with van der Waals surface area (Å²) in [6, 6.07) is 6.79. The van der Waals surface area contributed by atoms with E-state index in [1.807, 2.05) is 0 Å². The predicted octanol–water partition coefficient (Wildman–Crippen LogP) is 6.33.